The number of aryl methyl sites for hydroxylation is 1. The summed E-state index contributed by atoms with van der Waals surface area (Å²) in [5, 5.41) is 2.89. The number of thiazole rings is 1. The van der Waals surface area contributed by atoms with E-state index in [4.69, 9.17) is 8.83 Å². The average molecular weight is 328 g/mol. The topological polar surface area (TPSA) is 59.5 Å². The molecule has 6 heteroatoms. The number of carbonyl (C=O) groups is 1. The maximum absolute atomic E-state index is 12.5. The largest absolute Gasteiger partial charge is 0.467 e. The van der Waals surface area contributed by atoms with E-state index in [1.807, 2.05) is 24.4 Å². The molecule has 0 atom stereocenters. The van der Waals surface area contributed by atoms with Gasteiger partial charge in [0.2, 0.25) is 5.91 Å². The molecule has 0 aromatic carbocycles. The maximum atomic E-state index is 12.5. The van der Waals surface area contributed by atoms with Gasteiger partial charge >= 0.3 is 0 Å². The third-order valence-corrected chi connectivity index (χ3v) is 3.99. The molecule has 3 heterocycles. The minimum absolute atomic E-state index is 0.122. The average Bonchev–Trinajstić information content (AvgIpc) is 3.27. The molecule has 118 valence electrons. The monoisotopic (exact) mass is 328 g/mol. The van der Waals surface area contributed by atoms with E-state index >= 15 is 0 Å². The Morgan fingerprint density at radius 2 is 1.87 bits per heavy atom. The third kappa shape index (κ3) is 4.20. The second-order valence-electron chi connectivity index (χ2n) is 4.98. The highest BCUT2D eigenvalue weighted by atomic mass is 32.1. The number of amides is 1. The Morgan fingerprint density at radius 1 is 1.22 bits per heavy atom. The van der Waals surface area contributed by atoms with E-state index in [1.54, 1.807) is 47.0 Å². The second-order valence-corrected chi connectivity index (χ2v) is 6.04. The van der Waals surface area contributed by atoms with Crippen molar-refractivity contribution in [1.82, 2.24) is 9.88 Å². The van der Waals surface area contributed by atoms with Crippen molar-refractivity contribution in [1.29, 1.82) is 0 Å². The van der Waals surface area contributed by atoms with Crippen LogP contribution in [0.2, 0.25) is 0 Å². The first-order chi connectivity index (χ1) is 11.2. The SMILES string of the molecule is Cc1nc(/C=C/C(=O)N(Cc2ccco2)Cc2ccco2)cs1. The maximum Gasteiger partial charge on any atom is 0.247 e. The Balaban J connectivity index is 1.73. The molecule has 0 bridgehead atoms. The summed E-state index contributed by atoms with van der Waals surface area (Å²) in [6.07, 6.45) is 6.45. The van der Waals surface area contributed by atoms with Crippen molar-refractivity contribution >= 4 is 23.3 Å². The molecule has 5 nitrogen and oxygen atoms in total. The van der Waals surface area contributed by atoms with Crippen LogP contribution in [-0.2, 0) is 17.9 Å². The Kier molecular flexibility index (Phi) is 4.73. The van der Waals surface area contributed by atoms with Crippen LogP contribution in [0.1, 0.15) is 22.2 Å². The van der Waals surface area contributed by atoms with Gasteiger partial charge in [-0.3, -0.25) is 4.79 Å². The molecule has 0 radical (unpaired) electrons. The van der Waals surface area contributed by atoms with Crippen molar-refractivity contribution in [3.05, 3.63) is 70.5 Å². The van der Waals surface area contributed by atoms with E-state index in [0.29, 0.717) is 13.1 Å². The fourth-order valence-corrected chi connectivity index (χ4v) is 2.69. The normalized spacial score (nSPS) is 11.2. The molecule has 0 saturated carbocycles. The summed E-state index contributed by atoms with van der Waals surface area (Å²) >= 11 is 1.55. The number of carbonyl (C=O) groups excluding carboxylic acids is 1. The molecule has 3 rings (SSSR count). The molecule has 0 saturated heterocycles. The van der Waals surface area contributed by atoms with Crippen LogP contribution in [0.25, 0.3) is 6.08 Å². The molecule has 23 heavy (non-hydrogen) atoms. The first-order valence-corrected chi connectivity index (χ1v) is 8.02. The van der Waals surface area contributed by atoms with Gasteiger partial charge in [0.05, 0.1) is 36.3 Å². The van der Waals surface area contributed by atoms with Gasteiger partial charge in [0.1, 0.15) is 11.5 Å². The van der Waals surface area contributed by atoms with Gasteiger partial charge in [-0.05, 0) is 37.3 Å². The Bertz CT molecular complexity index is 736. The van der Waals surface area contributed by atoms with Crippen molar-refractivity contribution in [2.45, 2.75) is 20.0 Å². The molecule has 0 fully saturated rings. The van der Waals surface area contributed by atoms with E-state index in [0.717, 1.165) is 22.2 Å². The van der Waals surface area contributed by atoms with Gasteiger partial charge < -0.3 is 13.7 Å². The minimum atomic E-state index is -0.122. The minimum Gasteiger partial charge on any atom is -0.467 e. The first-order valence-electron chi connectivity index (χ1n) is 7.14. The number of hydrogen-bond acceptors (Lipinski definition) is 5. The Hall–Kier alpha value is -2.60. The molecule has 0 spiro atoms. The Labute approximate surface area is 137 Å². The lowest BCUT2D eigenvalue weighted by Crippen LogP contribution is -2.28. The van der Waals surface area contributed by atoms with Crippen molar-refractivity contribution < 1.29 is 13.6 Å². The van der Waals surface area contributed by atoms with Gasteiger partial charge in [0.25, 0.3) is 0 Å². The van der Waals surface area contributed by atoms with Crippen molar-refractivity contribution in [3.8, 4) is 0 Å². The van der Waals surface area contributed by atoms with Crippen LogP contribution in [-0.4, -0.2) is 15.8 Å². The van der Waals surface area contributed by atoms with Gasteiger partial charge in [-0.25, -0.2) is 4.98 Å². The van der Waals surface area contributed by atoms with Crippen molar-refractivity contribution in [3.63, 3.8) is 0 Å². The van der Waals surface area contributed by atoms with Crippen LogP contribution in [0, 0.1) is 6.92 Å². The van der Waals surface area contributed by atoms with Gasteiger partial charge in [0, 0.05) is 11.5 Å². The van der Waals surface area contributed by atoms with Crippen LogP contribution >= 0.6 is 11.3 Å². The number of rotatable bonds is 6. The van der Waals surface area contributed by atoms with Gasteiger partial charge in [-0.1, -0.05) is 0 Å². The smallest absolute Gasteiger partial charge is 0.247 e. The van der Waals surface area contributed by atoms with E-state index in [-0.39, 0.29) is 5.91 Å². The molecule has 0 unspecified atom stereocenters. The first kappa shape index (κ1) is 15.3. The predicted octanol–water partition coefficient (Wildman–Crippen LogP) is 3.88. The highest BCUT2D eigenvalue weighted by Crippen LogP contribution is 2.13. The summed E-state index contributed by atoms with van der Waals surface area (Å²) in [5.74, 6) is 1.33. The lowest BCUT2D eigenvalue weighted by atomic mass is 10.3. The Morgan fingerprint density at radius 3 is 2.35 bits per heavy atom. The lowest BCUT2D eigenvalue weighted by molar-refractivity contribution is -0.127. The van der Waals surface area contributed by atoms with Crippen molar-refractivity contribution in [2.75, 3.05) is 0 Å². The van der Waals surface area contributed by atoms with Crippen LogP contribution in [0.15, 0.2) is 57.1 Å². The van der Waals surface area contributed by atoms with Crippen molar-refractivity contribution in [2.24, 2.45) is 0 Å². The summed E-state index contributed by atoms with van der Waals surface area (Å²) in [6, 6.07) is 7.30. The summed E-state index contributed by atoms with van der Waals surface area (Å²) in [5.41, 5.74) is 0.789. The highest BCUT2D eigenvalue weighted by Gasteiger charge is 2.15. The number of furan rings is 2. The lowest BCUT2D eigenvalue weighted by Gasteiger charge is -2.18. The molecule has 3 aromatic heterocycles. The molecular weight excluding hydrogens is 312 g/mol. The van der Waals surface area contributed by atoms with Crippen LogP contribution < -0.4 is 0 Å². The summed E-state index contributed by atoms with van der Waals surface area (Å²) in [7, 11) is 0. The number of hydrogen-bond donors (Lipinski definition) is 0. The molecule has 1 amide bonds. The zero-order valence-corrected chi connectivity index (χ0v) is 13.5. The molecule has 0 aliphatic carbocycles. The highest BCUT2D eigenvalue weighted by molar-refractivity contribution is 7.09. The standard InChI is InChI=1S/C17H16N2O3S/c1-13-18-14(12-23-13)6-7-17(20)19(10-15-4-2-8-21-15)11-16-5-3-9-22-16/h2-9,12H,10-11H2,1H3/b7-6+. The molecular formula is C17H16N2O3S. The molecule has 3 aromatic rings. The zero-order valence-electron chi connectivity index (χ0n) is 12.6. The van der Waals surface area contributed by atoms with E-state index in [1.165, 1.54) is 6.08 Å². The predicted molar refractivity (Wildman–Crippen MR) is 87.6 cm³/mol. The molecule has 0 N–H and O–H groups in total. The summed E-state index contributed by atoms with van der Waals surface area (Å²) in [6.45, 7) is 2.70. The van der Waals surface area contributed by atoms with E-state index in [2.05, 4.69) is 4.98 Å². The van der Waals surface area contributed by atoms with Crippen LogP contribution in [0.4, 0.5) is 0 Å². The number of aromatic nitrogens is 1. The van der Waals surface area contributed by atoms with E-state index in [9.17, 15) is 4.79 Å². The van der Waals surface area contributed by atoms with Crippen LogP contribution in [0.3, 0.4) is 0 Å². The summed E-state index contributed by atoms with van der Waals surface area (Å²) in [4.78, 5) is 18.5. The molecule has 0 aliphatic rings. The second kappa shape index (κ2) is 7.11. The van der Waals surface area contributed by atoms with E-state index < -0.39 is 0 Å². The number of nitrogens with zero attached hydrogens (tertiary/aromatic N) is 2. The van der Waals surface area contributed by atoms with Gasteiger partial charge in [0.15, 0.2) is 0 Å². The van der Waals surface area contributed by atoms with Crippen LogP contribution in [0.5, 0.6) is 0 Å². The fourth-order valence-electron chi connectivity index (χ4n) is 2.11. The quantitative estimate of drug-likeness (QED) is 0.644. The summed E-state index contributed by atoms with van der Waals surface area (Å²) < 4.78 is 10.7. The molecule has 0 aliphatic heterocycles. The fraction of sp³-hybridized carbons (Fsp3) is 0.176. The third-order valence-electron chi connectivity index (χ3n) is 3.20. The van der Waals surface area contributed by atoms with Gasteiger partial charge in [-0.15, -0.1) is 11.3 Å². The van der Waals surface area contributed by atoms with Gasteiger partial charge in [-0.2, -0.15) is 0 Å². The zero-order chi connectivity index (χ0) is 16.1.